The van der Waals surface area contributed by atoms with Crippen LogP contribution in [0.2, 0.25) is 0 Å². The van der Waals surface area contributed by atoms with Gasteiger partial charge in [0.1, 0.15) is 0 Å². The fourth-order valence-corrected chi connectivity index (χ4v) is 11.3. The summed E-state index contributed by atoms with van der Waals surface area (Å²) in [5.74, 6) is 1.60. The predicted molar refractivity (Wildman–Crippen MR) is 305 cm³/mol. The summed E-state index contributed by atoms with van der Waals surface area (Å²) >= 11 is 0. The maximum atomic E-state index is 11.5. The van der Waals surface area contributed by atoms with E-state index in [4.69, 9.17) is 15.0 Å². The first kappa shape index (κ1) is 44.3. The van der Waals surface area contributed by atoms with Gasteiger partial charge in [-0.1, -0.05) is 186 Å². The van der Waals surface area contributed by atoms with Crippen LogP contribution in [0.5, 0.6) is 0 Å². The molecule has 0 radical (unpaired) electrons. The Morgan fingerprint density at radius 2 is 0.743 bits per heavy atom. The van der Waals surface area contributed by atoms with Crippen molar-refractivity contribution in [1.29, 1.82) is 5.26 Å². The lowest BCUT2D eigenvalue weighted by Gasteiger charge is -2.22. The Labute approximate surface area is 429 Å². The van der Waals surface area contributed by atoms with Crippen molar-refractivity contribution in [2.75, 3.05) is 0 Å². The van der Waals surface area contributed by atoms with Gasteiger partial charge in [0.05, 0.1) is 45.1 Å². The molecule has 350 valence electrons. The van der Waals surface area contributed by atoms with Crippen LogP contribution < -0.4 is 0 Å². The molecule has 0 fully saturated rings. The molecule has 0 aliphatic heterocycles. The lowest BCUT2D eigenvalue weighted by molar-refractivity contribution is 1.07. The zero-order chi connectivity index (χ0) is 50.0. The van der Waals surface area contributed by atoms with E-state index in [2.05, 4.69) is 188 Å². The third-order valence-electron chi connectivity index (χ3n) is 14.3. The third-order valence-corrected chi connectivity index (χ3v) is 14.3. The lowest BCUT2D eigenvalue weighted by atomic mass is 9.91. The van der Waals surface area contributed by atoms with Crippen molar-refractivity contribution in [3.05, 3.63) is 246 Å². The van der Waals surface area contributed by atoms with E-state index in [0.717, 1.165) is 93.9 Å². The van der Waals surface area contributed by atoms with Gasteiger partial charge < -0.3 is 9.13 Å². The topological polar surface area (TPSA) is 72.3 Å². The minimum Gasteiger partial charge on any atom is -0.309 e. The summed E-state index contributed by atoms with van der Waals surface area (Å²) in [4.78, 5) is 15.9. The van der Waals surface area contributed by atoms with Crippen molar-refractivity contribution >= 4 is 43.6 Å². The van der Waals surface area contributed by atoms with E-state index in [1.807, 2.05) is 72.8 Å². The fraction of sp³-hybridized carbons (Fsp3) is 0.0588. The van der Waals surface area contributed by atoms with E-state index < -0.39 is 0 Å². The van der Waals surface area contributed by atoms with E-state index in [-0.39, 0.29) is 0 Å². The Bertz CT molecular complexity index is 4320. The average Bonchev–Trinajstić information content (AvgIpc) is 3.94. The van der Waals surface area contributed by atoms with E-state index in [1.165, 1.54) is 33.4 Å². The van der Waals surface area contributed by atoms with Crippen LogP contribution in [0.1, 0.15) is 27.8 Å². The van der Waals surface area contributed by atoms with Crippen molar-refractivity contribution in [1.82, 2.24) is 24.1 Å². The third kappa shape index (κ3) is 7.53. The summed E-state index contributed by atoms with van der Waals surface area (Å²) in [7, 11) is 0. The number of nitrogens with zero attached hydrogens (tertiary/aromatic N) is 6. The Hall–Kier alpha value is -9.70. The van der Waals surface area contributed by atoms with Crippen molar-refractivity contribution in [2.24, 2.45) is 0 Å². The van der Waals surface area contributed by atoms with E-state index >= 15 is 0 Å². The summed E-state index contributed by atoms with van der Waals surface area (Å²) in [5.41, 5.74) is 20.1. The standard InChI is InChI=1S/C68H48N6/c1-42-33-43(2)36-51(35-42)48-29-31-60-56(39-48)53-22-11-13-25-58(53)73(60)62-27-15-21-50(41-69)64(62)65-55(68-71-66(46-17-7-5-8-18-46)70-67(72-68)47-19-9-6-10-20-47)24-16-28-63(65)74-59-26-14-12-23-54(59)57-40-49(30-32-61(57)74)52-37-44(3)34-45(4)38-52/h5-40H,1-4H3. The largest absolute Gasteiger partial charge is 0.309 e. The summed E-state index contributed by atoms with van der Waals surface area (Å²) in [5, 5.41) is 16.0. The molecule has 0 unspecified atom stereocenters. The number of hydrogen-bond donors (Lipinski definition) is 0. The molecule has 3 aromatic heterocycles. The maximum absolute atomic E-state index is 11.5. The highest BCUT2D eigenvalue weighted by molar-refractivity contribution is 6.13. The minimum atomic E-state index is 0.492. The second-order valence-electron chi connectivity index (χ2n) is 19.5. The van der Waals surface area contributed by atoms with Gasteiger partial charge in [-0.25, -0.2) is 15.0 Å². The number of rotatable bonds is 8. The molecule has 0 aliphatic rings. The minimum absolute atomic E-state index is 0.492. The Morgan fingerprint density at radius 1 is 0.324 bits per heavy atom. The number of benzene rings is 10. The molecule has 0 atom stereocenters. The molecule has 0 saturated carbocycles. The van der Waals surface area contributed by atoms with Gasteiger partial charge in [0, 0.05) is 49.4 Å². The quantitative estimate of drug-likeness (QED) is 0.152. The second-order valence-corrected chi connectivity index (χ2v) is 19.5. The van der Waals surface area contributed by atoms with Crippen LogP contribution in [-0.4, -0.2) is 24.1 Å². The Balaban J connectivity index is 1.15. The van der Waals surface area contributed by atoms with Gasteiger partial charge in [-0.3, -0.25) is 0 Å². The van der Waals surface area contributed by atoms with Gasteiger partial charge in [0.15, 0.2) is 17.5 Å². The van der Waals surface area contributed by atoms with Crippen LogP contribution in [0.3, 0.4) is 0 Å². The monoisotopic (exact) mass is 948 g/mol. The molecular weight excluding hydrogens is 901 g/mol. The molecule has 6 heteroatoms. The summed E-state index contributed by atoms with van der Waals surface area (Å²) in [6.07, 6.45) is 0. The first-order valence-corrected chi connectivity index (χ1v) is 25.1. The average molecular weight is 949 g/mol. The van der Waals surface area contributed by atoms with Crippen molar-refractivity contribution in [3.8, 4) is 85.0 Å². The highest BCUT2D eigenvalue weighted by Gasteiger charge is 2.27. The van der Waals surface area contributed by atoms with Crippen molar-refractivity contribution in [2.45, 2.75) is 27.7 Å². The number of hydrogen-bond acceptors (Lipinski definition) is 4. The van der Waals surface area contributed by atoms with E-state index in [1.54, 1.807) is 0 Å². The molecule has 10 aromatic carbocycles. The molecule has 0 N–H and O–H groups in total. The van der Waals surface area contributed by atoms with Crippen LogP contribution in [0, 0.1) is 39.0 Å². The number of fused-ring (bicyclic) bond motifs is 6. The Morgan fingerprint density at radius 3 is 1.23 bits per heavy atom. The molecule has 0 aliphatic carbocycles. The van der Waals surface area contributed by atoms with Gasteiger partial charge in [-0.05, 0) is 105 Å². The molecule has 0 spiro atoms. The summed E-state index contributed by atoms with van der Waals surface area (Å²) in [6, 6.07) is 79.6. The maximum Gasteiger partial charge on any atom is 0.164 e. The molecule has 3 heterocycles. The summed E-state index contributed by atoms with van der Waals surface area (Å²) < 4.78 is 4.71. The van der Waals surface area contributed by atoms with Gasteiger partial charge >= 0.3 is 0 Å². The zero-order valence-electron chi connectivity index (χ0n) is 41.5. The van der Waals surface area contributed by atoms with E-state index in [9.17, 15) is 5.26 Å². The molecule has 0 bridgehead atoms. The van der Waals surface area contributed by atoms with Crippen molar-refractivity contribution < 1.29 is 0 Å². The number of para-hydroxylation sites is 2. The molecular formula is C68H48N6. The predicted octanol–water partition coefficient (Wildman–Crippen LogP) is 17.2. The second kappa shape index (κ2) is 17.9. The first-order chi connectivity index (χ1) is 36.3. The number of nitriles is 1. The van der Waals surface area contributed by atoms with Crippen LogP contribution in [0.15, 0.2) is 218 Å². The molecule has 0 amide bonds. The number of aromatic nitrogens is 5. The highest BCUT2D eigenvalue weighted by Crippen LogP contribution is 2.47. The molecule has 0 saturated heterocycles. The lowest BCUT2D eigenvalue weighted by Crippen LogP contribution is -2.07. The van der Waals surface area contributed by atoms with Crippen molar-refractivity contribution in [3.63, 3.8) is 0 Å². The molecule has 6 nitrogen and oxygen atoms in total. The zero-order valence-corrected chi connectivity index (χ0v) is 41.5. The molecule has 13 rings (SSSR count). The van der Waals surface area contributed by atoms with Crippen LogP contribution in [0.25, 0.3) is 123 Å². The van der Waals surface area contributed by atoms with Gasteiger partial charge in [0.25, 0.3) is 0 Å². The van der Waals surface area contributed by atoms with Gasteiger partial charge in [-0.15, -0.1) is 0 Å². The van der Waals surface area contributed by atoms with Crippen LogP contribution >= 0.6 is 0 Å². The van der Waals surface area contributed by atoms with E-state index in [0.29, 0.717) is 23.0 Å². The summed E-state index contributed by atoms with van der Waals surface area (Å²) in [6.45, 7) is 8.62. The fourth-order valence-electron chi connectivity index (χ4n) is 11.3. The SMILES string of the molecule is Cc1cc(C)cc(-c2ccc3c(c2)c2ccccc2n3-c2cccc(C#N)c2-c2c(-c3nc(-c4ccccc4)nc(-c4ccccc4)n3)cccc2-n2c3ccccc3c3cc(-c4cc(C)cc(C)c4)ccc32)c1. The molecule has 74 heavy (non-hydrogen) atoms. The molecule has 13 aromatic rings. The van der Waals surface area contributed by atoms with Gasteiger partial charge in [0.2, 0.25) is 0 Å². The smallest absolute Gasteiger partial charge is 0.164 e. The first-order valence-electron chi connectivity index (χ1n) is 25.1. The number of aryl methyl sites for hydroxylation is 4. The van der Waals surface area contributed by atoms with Gasteiger partial charge in [-0.2, -0.15) is 5.26 Å². The van der Waals surface area contributed by atoms with Crippen LogP contribution in [0.4, 0.5) is 0 Å². The normalized spacial score (nSPS) is 11.5. The Kier molecular flexibility index (Phi) is 10.7. The van der Waals surface area contributed by atoms with Crippen LogP contribution in [-0.2, 0) is 0 Å². The highest BCUT2D eigenvalue weighted by atomic mass is 15.0.